The first-order valence-corrected chi connectivity index (χ1v) is 6.61. The van der Waals surface area contributed by atoms with Crippen LogP contribution in [0.15, 0.2) is 34.9 Å². The van der Waals surface area contributed by atoms with Crippen molar-refractivity contribution in [2.24, 2.45) is 0 Å². The van der Waals surface area contributed by atoms with Gasteiger partial charge in [0.25, 0.3) is 0 Å². The van der Waals surface area contributed by atoms with Crippen molar-refractivity contribution >= 4 is 11.9 Å². The van der Waals surface area contributed by atoms with Crippen LogP contribution in [0.3, 0.4) is 0 Å². The van der Waals surface area contributed by atoms with E-state index in [9.17, 15) is 14.7 Å². The maximum absolute atomic E-state index is 11.6. The summed E-state index contributed by atoms with van der Waals surface area (Å²) in [6.45, 7) is 1.50. The summed E-state index contributed by atoms with van der Waals surface area (Å²) in [6.07, 6.45) is 0. The highest BCUT2D eigenvalue weighted by Crippen LogP contribution is 2.28. The molecule has 0 aliphatic rings. The van der Waals surface area contributed by atoms with Crippen molar-refractivity contribution in [1.29, 1.82) is 0 Å². The molecule has 1 heterocycles. The Bertz CT molecular complexity index is 666. The van der Waals surface area contributed by atoms with E-state index in [0.29, 0.717) is 5.56 Å². The number of benzene rings is 1. The van der Waals surface area contributed by atoms with Gasteiger partial charge in [-0.15, -0.1) is 0 Å². The lowest BCUT2D eigenvalue weighted by Crippen LogP contribution is -2.30. The Labute approximate surface area is 126 Å². The van der Waals surface area contributed by atoms with Gasteiger partial charge in [0, 0.05) is 12.7 Å². The number of hydrogen-bond donors (Lipinski definition) is 2. The van der Waals surface area contributed by atoms with Crippen molar-refractivity contribution < 1.29 is 24.0 Å². The van der Waals surface area contributed by atoms with Gasteiger partial charge in [0.2, 0.25) is 5.91 Å². The number of methoxy groups -OCH3 is 1. The maximum atomic E-state index is 11.6. The van der Waals surface area contributed by atoms with Crippen molar-refractivity contribution in [3.8, 4) is 11.3 Å². The third-order valence-corrected chi connectivity index (χ3v) is 3.03. The topological polar surface area (TPSA) is 102 Å². The summed E-state index contributed by atoms with van der Waals surface area (Å²) in [7, 11) is 1.40. The highest BCUT2D eigenvalue weighted by Gasteiger charge is 2.27. The molecule has 22 heavy (non-hydrogen) atoms. The van der Waals surface area contributed by atoms with Crippen molar-refractivity contribution in [2.75, 3.05) is 13.7 Å². The minimum Gasteiger partial charge on any atom is -0.477 e. The minimum absolute atomic E-state index is 0.0589. The number of amides is 1. The van der Waals surface area contributed by atoms with E-state index in [1.165, 1.54) is 7.11 Å². The van der Waals surface area contributed by atoms with Gasteiger partial charge in [0.05, 0.1) is 6.04 Å². The summed E-state index contributed by atoms with van der Waals surface area (Å²) in [4.78, 5) is 23.1. The van der Waals surface area contributed by atoms with Gasteiger partial charge in [-0.2, -0.15) is 0 Å². The summed E-state index contributed by atoms with van der Waals surface area (Å²) in [5.74, 6) is -1.44. The number of carboxylic acids is 1. The third kappa shape index (κ3) is 3.32. The molecule has 1 aromatic heterocycles. The van der Waals surface area contributed by atoms with Gasteiger partial charge in [0.1, 0.15) is 17.9 Å². The van der Waals surface area contributed by atoms with Crippen LogP contribution in [0, 0.1) is 0 Å². The second-order valence-electron chi connectivity index (χ2n) is 4.66. The van der Waals surface area contributed by atoms with Crippen LogP contribution in [0.2, 0.25) is 0 Å². The number of carboxylic acid groups (broad SMARTS) is 1. The Hall–Kier alpha value is -2.67. The third-order valence-electron chi connectivity index (χ3n) is 3.03. The van der Waals surface area contributed by atoms with E-state index in [0.717, 1.165) is 0 Å². The van der Waals surface area contributed by atoms with Crippen molar-refractivity contribution in [3.05, 3.63) is 41.7 Å². The smallest absolute Gasteiger partial charge is 0.341 e. The molecule has 0 radical (unpaired) electrons. The standard InChI is InChI=1S/C15H16N2O5/c1-9(16-11(18)8-21-2)14-12(15(19)20)13(17-22-14)10-6-4-3-5-7-10/h3-7,9H,8H2,1-2H3,(H,16,18)(H,19,20)/t9-/m1/s1. The molecule has 7 heteroatoms. The lowest BCUT2D eigenvalue weighted by atomic mass is 10.0. The molecule has 1 atom stereocenters. The molecular weight excluding hydrogens is 288 g/mol. The molecule has 0 bridgehead atoms. The Balaban J connectivity index is 2.35. The molecule has 0 saturated heterocycles. The first kappa shape index (κ1) is 15.7. The molecule has 0 unspecified atom stereocenters. The monoisotopic (exact) mass is 304 g/mol. The highest BCUT2D eigenvalue weighted by atomic mass is 16.5. The molecule has 0 fully saturated rings. The van der Waals surface area contributed by atoms with Crippen molar-refractivity contribution in [1.82, 2.24) is 10.5 Å². The Morgan fingerprint density at radius 2 is 2.05 bits per heavy atom. The number of carbonyl (C=O) groups excluding carboxylic acids is 1. The summed E-state index contributed by atoms with van der Waals surface area (Å²) in [6, 6.07) is 8.21. The average Bonchev–Trinajstić information content (AvgIpc) is 2.93. The van der Waals surface area contributed by atoms with Crippen molar-refractivity contribution in [3.63, 3.8) is 0 Å². The number of aromatic carboxylic acids is 1. The zero-order valence-corrected chi connectivity index (χ0v) is 12.2. The Kier molecular flexibility index (Phi) is 4.90. The first-order valence-electron chi connectivity index (χ1n) is 6.61. The molecule has 7 nitrogen and oxygen atoms in total. The second kappa shape index (κ2) is 6.86. The van der Waals surface area contributed by atoms with E-state index in [1.54, 1.807) is 31.2 Å². The largest absolute Gasteiger partial charge is 0.477 e. The van der Waals surface area contributed by atoms with E-state index >= 15 is 0 Å². The van der Waals surface area contributed by atoms with Crippen LogP contribution >= 0.6 is 0 Å². The number of nitrogens with one attached hydrogen (secondary N) is 1. The van der Waals surface area contributed by atoms with Crippen LogP contribution in [0.1, 0.15) is 29.1 Å². The van der Waals surface area contributed by atoms with Gasteiger partial charge in [-0.25, -0.2) is 4.79 Å². The maximum Gasteiger partial charge on any atom is 0.341 e. The number of ether oxygens (including phenoxy) is 1. The lowest BCUT2D eigenvalue weighted by molar-refractivity contribution is -0.125. The van der Waals surface area contributed by atoms with Crippen LogP contribution in [-0.2, 0) is 9.53 Å². The highest BCUT2D eigenvalue weighted by molar-refractivity contribution is 5.96. The van der Waals surface area contributed by atoms with Crippen LogP contribution in [0.4, 0.5) is 0 Å². The van der Waals surface area contributed by atoms with Crippen molar-refractivity contribution in [2.45, 2.75) is 13.0 Å². The lowest BCUT2D eigenvalue weighted by Gasteiger charge is -2.11. The fourth-order valence-corrected chi connectivity index (χ4v) is 2.08. The van der Waals surface area contributed by atoms with E-state index in [4.69, 9.17) is 9.26 Å². The van der Waals surface area contributed by atoms with Gasteiger partial charge < -0.3 is 19.7 Å². The fraction of sp³-hybridized carbons (Fsp3) is 0.267. The summed E-state index contributed by atoms with van der Waals surface area (Å²) in [5.41, 5.74) is 0.803. The van der Waals surface area contributed by atoms with E-state index < -0.39 is 12.0 Å². The molecule has 2 N–H and O–H groups in total. The minimum atomic E-state index is -1.16. The molecule has 0 aliphatic heterocycles. The molecular formula is C15H16N2O5. The summed E-state index contributed by atoms with van der Waals surface area (Å²) in [5, 5.41) is 15.9. The molecule has 0 spiro atoms. The predicted molar refractivity (Wildman–Crippen MR) is 77.3 cm³/mol. The molecule has 0 aliphatic carbocycles. The van der Waals surface area contributed by atoms with E-state index in [2.05, 4.69) is 10.5 Å². The number of aromatic nitrogens is 1. The quantitative estimate of drug-likeness (QED) is 0.844. The molecule has 2 rings (SSSR count). The van der Waals surface area contributed by atoms with Gasteiger partial charge >= 0.3 is 5.97 Å². The van der Waals surface area contributed by atoms with Gasteiger partial charge in [-0.05, 0) is 6.92 Å². The molecule has 1 aromatic carbocycles. The Morgan fingerprint density at radius 3 is 2.64 bits per heavy atom. The molecule has 116 valence electrons. The predicted octanol–water partition coefficient (Wildman–Crippen LogP) is 1.86. The normalized spacial score (nSPS) is 11.9. The number of carbonyl (C=O) groups is 2. The zero-order valence-electron chi connectivity index (χ0n) is 12.2. The Morgan fingerprint density at radius 1 is 1.36 bits per heavy atom. The van der Waals surface area contributed by atoms with Crippen LogP contribution in [0.25, 0.3) is 11.3 Å². The van der Waals surface area contributed by atoms with Crippen LogP contribution in [0.5, 0.6) is 0 Å². The number of nitrogens with zero attached hydrogens (tertiary/aromatic N) is 1. The summed E-state index contributed by atoms with van der Waals surface area (Å²) >= 11 is 0. The number of hydrogen-bond acceptors (Lipinski definition) is 5. The van der Waals surface area contributed by atoms with Gasteiger partial charge in [0.15, 0.2) is 5.76 Å². The molecule has 1 amide bonds. The second-order valence-corrected chi connectivity index (χ2v) is 4.66. The zero-order chi connectivity index (χ0) is 16.1. The van der Waals surface area contributed by atoms with Gasteiger partial charge in [-0.1, -0.05) is 35.5 Å². The average molecular weight is 304 g/mol. The van der Waals surface area contributed by atoms with Crippen LogP contribution < -0.4 is 5.32 Å². The number of rotatable bonds is 6. The molecule has 2 aromatic rings. The summed E-state index contributed by atoms with van der Waals surface area (Å²) < 4.78 is 9.88. The van der Waals surface area contributed by atoms with Gasteiger partial charge in [-0.3, -0.25) is 4.79 Å². The van der Waals surface area contributed by atoms with Crippen LogP contribution in [-0.4, -0.2) is 35.9 Å². The molecule has 0 saturated carbocycles. The SMILES string of the molecule is COCC(=O)N[C@H](C)c1onc(-c2ccccc2)c1C(=O)O. The van der Waals surface area contributed by atoms with E-state index in [1.807, 2.05) is 6.07 Å². The van der Waals surface area contributed by atoms with E-state index in [-0.39, 0.29) is 29.5 Å². The fourth-order valence-electron chi connectivity index (χ4n) is 2.08. The first-order chi connectivity index (χ1) is 10.5.